The van der Waals surface area contributed by atoms with Crippen molar-refractivity contribution in [3.05, 3.63) is 41.3 Å². The molecule has 1 amide bonds. The summed E-state index contributed by atoms with van der Waals surface area (Å²) in [6, 6.07) is 7.54. The molecule has 230 valence electrons. The van der Waals surface area contributed by atoms with Gasteiger partial charge >= 0.3 is 0 Å². The van der Waals surface area contributed by atoms with E-state index < -0.39 is 46.3 Å². The molecule has 0 aliphatic carbocycles. The van der Waals surface area contributed by atoms with E-state index in [1.54, 1.807) is 20.2 Å². The van der Waals surface area contributed by atoms with E-state index in [0.29, 0.717) is 43.1 Å². The standard InChI is InChI=1S/C28H40N6O7S/c1-5-29-28(37)26-24(36)23(35)25(41-26)18-8-11-20-22(30-13-18)27(31-12-17-6-9-19(40-4)10-7-17)34-21(33-20)14-32-42(38,39)15-16(2)3/h6-7,9-10,13,16,18,23-26,32,35-36H,5,8,11-12,14-15H2,1-4H3,(H,29,37)(H,31,33,34)/t18?,23-,24+,25+,26+/m1/s1. The molecule has 1 fully saturated rings. The number of aryl methyl sites for hydroxylation is 1. The van der Waals surface area contributed by atoms with E-state index >= 15 is 0 Å². The molecule has 2 aliphatic rings. The molecule has 1 unspecified atom stereocenters. The van der Waals surface area contributed by atoms with Crippen molar-refractivity contribution in [2.75, 3.05) is 24.7 Å². The fourth-order valence-electron chi connectivity index (χ4n) is 5.01. The first kappa shape index (κ1) is 31.8. The molecule has 0 spiro atoms. The zero-order valence-electron chi connectivity index (χ0n) is 24.3. The molecule has 1 saturated heterocycles. The van der Waals surface area contributed by atoms with Crippen LogP contribution in [-0.4, -0.2) is 84.5 Å². The largest absolute Gasteiger partial charge is 0.497 e. The predicted octanol–water partition coefficient (Wildman–Crippen LogP) is 1.06. The fraction of sp³-hybridized carbons (Fsp3) is 0.571. The van der Waals surface area contributed by atoms with Gasteiger partial charge in [0.25, 0.3) is 5.91 Å². The monoisotopic (exact) mass is 604 g/mol. The number of fused-ring (bicyclic) bond motifs is 1. The first-order chi connectivity index (χ1) is 20.0. The zero-order valence-corrected chi connectivity index (χ0v) is 25.1. The van der Waals surface area contributed by atoms with Gasteiger partial charge in [0.2, 0.25) is 10.0 Å². The highest BCUT2D eigenvalue weighted by atomic mass is 32.2. The van der Waals surface area contributed by atoms with Crippen LogP contribution in [0.4, 0.5) is 11.5 Å². The quantitative estimate of drug-likeness (QED) is 0.235. The van der Waals surface area contributed by atoms with Crippen LogP contribution in [-0.2, 0) is 39.1 Å². The molecule has 42 heavy (non-hydrogen) atoms. The summed E-state index contributed by atoms with van der Waals surface area (Å²) in [4.78, 5) is 26.2. The Balaban J connectivity index is 1.58. The average Bonchev–Trinajstić information content (AvgIpc) is 3.10. The lowest BCUT2D eigenvalue weighted by atomic mass is 9.92. The van der Waals surface area contributed by atoms with Crippen LogP contribution >= 0.6 is 0 Å². The summed E-state index contributed by atoms with van der Waals surface area (Å²) in [5.74, 6) is 0.487. The van der Waals surface area contributed by atoms with Crippen LogP contribution in [0, 0.1) is 11.8 Å². The van der Waals surface area contributed by atoms with Gasteiger partial charge in [-0.2, -0.15) is 0 Å². The Morgan fingerprint density at radius 3 is 2.55 bits per heavy atom. The number of anilines is 1. The number of hydrogen-bond acceptors (Lipinski definition) is 11. The number of aliphatic hydroxyl groups excluding tert-OH is 2. The van der Waals surface area contributed by atoms with E-state index in [9.17, 15) is 23.4 Å². The minimum absolute atomic E-state index is 0.0146. The van der Waals surface area contributed by atoms with Crippen molar-refractivity contribution in [2.24, 2.45) is 16.8 Å². The average molecular weight is 605 g/mol. The van der Waals surface area contributed by atoms with Crippen LogP contribution in [0.1, 0.15) is 44.3 Å². The number of hydrogen-bond donors (Lipinski definition) is 5. The number of nitrogens with zero attached hydrogens (tertiary/aromatic N) is 3. The molecule has 0 radical (unpaired) electrons. The molecule has 1 aromatic carbocycles. The summed E-state index contributed by atoms with van der Waals surface area (Å²) in [6.45, 7) is 6.11. The van der Waals surface area contributed by atoms with Gasteiger partial charge in [-0.1, -0.05) is 26.0 Å². The summed E-state index contributed by atoms with van der Waals surface area (Å²) >= 11 is 0. The third kappa shape index (κ3) is 7.81. The van der Waals surface area contributed by atoms with E-state index in [1.807, 2.05) is 38.1 Å². The number of carbonyl (C=O) groups is 1. The lowest BCUT2D eigenvalue weighted by Crippen LogP contribution is -2.42. The summed E-state index contributed by atoms with van der Waals surface area (Å²) in [5.41, 5.74) is 2.06. The lowest BCUT2D eigenvalue weighted by molar-refractivity contribution is -0.136. The van der Waals surface area contributed by atoms with Gasteiger partial charge in [0.1, 0.15) is 29.5 Å². The Bertz CT molecular complexity index is 1370. The molecule has 14 heteroatoms. The molecular formula is C28H40N6O7S. The number of benzene rings is 1. The second-order valence-electron chi connectivity index (χ2n) is 10.9. The molecule has 1 aromatic heterocycles. The maximum Gasteiger partial charge on any atom is 0.251 e. The van der Waals surface area contributed by atoms with Gasteiger partial charge in [0.05, 0.1) is 31.2 Å². The van der Waals surface area contributed by atoms with Crippen molar-refractivity contribution in [3.8, 4) is 5.75 Å². The van der Waals surface area contributed by atoms with Crippen LogP contribution in [0.3, 0.4) is 0 Å². The van der Waals surface area contributed by atoms with E-state index in [2.05, 4.69) is 30.3 Å². The Kier molecular flexibility index (Phi) is 10.5. The molecule has 5 atom stereocenters. The van der Waals surface area contributed by atoms with Gasteiger partial charge in [-0.05, 0) is 43.4 Å². The van der Waals surface area contributed by atoms with Crippen molar-refractivity contribution in [2.45, 2.75) is 71.1 Å². The summed E-state index contributed by atoms with van der Waals surface area (Å²) < 4.78 is 38.6. The van der Waals surface area contributed by atoms with Gasteiger partial charge in [0.15, 0.2) is 11.9 Å². The first-order valence-electron chi connectivity index (χ1n) is 14.1. The third-order valence-corrected chi connectivity index (χ3v) is 8.76. The number of aliphatic imine (C=N–C) groups is 1. The molecule has 13 nitrogen and oxygen atoms in total. The number of aliphatic hydroxyl groups is 2. The van der Waals surface area contributed by atoms with Crippen LogP contribution in [0.5, 0.6) is 5.75 Å². The Labute approximate surface area is 246 Å². The minimum Gasteiger partial charge on any atom is -0.497 e. The molecular weight excluding hydrogens is 564 g/mol. The topological polar surface area (TPSA) is 184 Å². The van der Waals surface area contributed by atoms with Crippen molar-refractivity contribution >= 4 is 33.7 Å². The number of aromatic nitrogens is 2. The Morgan fingerprint density at radius 1 is 1.14 bits per heavy atom. The number of amides is 1. The normalized spacial score (nSPS) is 23.8. The minimum atomic E-state index is -3.52. The maximum atomic E-state index is 12.5. The number of sulfonamides is 1. The first-order valence-corrected chi connectivity index (χ1v) is 15.7. The van der Waals surface area contributed by atoms with E-state index in [4.69, 9.17) is 9.47 Å². The third-order valence-electron chi connectivity index (χ3n) is 7.07. The highest BCUT2D eigenvalue weighted by Crippen LogP contribution is 2.35. The molecule has 2 aromatic rings. The van der Waals surface area contributed by atoms with Gasteiger partial charge in [0, 0.05) is 25.2 Å². The maximum absolute atomic E-state index is 12.5. The van der Waals surface area contributed by atoms with E-state index in [1.165, 1.54) is 0 Å². The van der Waals surface area contributed by atoms with Crippen LogP contribution in [0.2, 0.25) is 0 Å². The highest BCUT2D eigenvalue weighted by Gasteiger charge is 2.48. The number of nitrogens with one attached hydrogen (secondary N) is 3. The summed E-state index contributed by atoms with van der Waals surface area (Å²) in [7, 11) is -1.92. The van der Waals surface area contributed by atoms with Gasteiger partial charge in [-0.15, -0.1) is 0 Å². The Hall–Kier alpha value is -3.17. The number of rotatable bonds is 12. The number of ether oxygens (including phenoxy) is 2. The molecule has 3 heterocycles. The molecule has 2 aliphatic heterocycles. The predicted molar refractivity (Wildman–Crippen MR) is 157 cm³/mol. The van der Waals surface area contributed by atoms with Gasteiger partial charge in [-0.25, -0.2) is 23.1 Å². The van der Waals surface area contributed by atoms with Crippen LogP contribution in [0.15, 0.2) is 29.3 Å². The summed E-state index contributed by atoms with van der Waals surface area (Å²) in [5, 5.41) is 27.1. The van der Waals surface area contributed by atoms with Gasteiger partial charge < -0.3 is 30.3 Å². The van der Waals surface area contributed by atoms with Crippen molar-refractivity contribution in [3.63, 3.8) is 0 Å². The second-order valence-corrected chi connectivity index (χ2v) is 12.7. The number of methoxy groups -OCH3 is 1. The zero-order chi connectivity index (χ0) is 30.4. The fourth-order valence-corrected chi connectivity index (χ4v) is 6.36. The number of carbonyl (C=O) groups excluding carboxylic acids is 1. The van der Waals surface area contributed by atoms with E-state index in [-0.39, 0.29) is 24.0 Å². The van der Waals surface area contributed by atoms with E-state index in [0.717, 1.165) is 11.3 Å². The molecule has 0 saturated carbocycles. The molecule has 5 N–H and O–H groups in total. The van der Waals surface area contributed by atoms with Crippen molar-refractivity contribution in [1.29, 1.82) is 0 Å². The number of likely N-dealkylation sites (N-methyl/N-ethyl adjacent to an activating group) is 1. The second kappa shape index (κ2) is 13.9. The lowest BCUT2D eigenvalue weighted by Gasteiger charge is -2.21. The SMILES string of the molecule is CCNC(=O)[C@H]1O[C@@H](C2C=Nc3c(nc(CNS(=O)(=O)CC(C)C)nc3NCc3ccc(OC)cc3)CC2)[C@H](O)[C@@H]1O. The van der Waals surface area contributed by atoms with Crippen molar-refractivity contribution < 1.29 is 32.9 Å². The molecule has 4 rings (SSSR count). The summed E-state index contributed by atoms with van der Waals surface area (Å²) in [6.07, 6.45) is -2.17. The van der Waals surface area contributed by atoms with Crippen LogP contribution < -0.4 is 20.1 Å². The van der Waals surface area contributed by atoms with Crippen molar-refractivity contribution in [1.82, 2.24) is 20.0 Å². The molecule has 0 bridgehead atoms. The van der Waals surface area contributed by atoms with Crippen LogP contribution in [0.25, 0.3) is 0 Å². The Morgan fingerprint density at radius 2 is 1.88 bits per heavy atom. The smallest absolute Gasteiger partial charge is 0.251 e. The van der Waals surface area contributed by atoms with Gasteiger partial charge in [-0.3, -0.25) is 9.79 Å². The highest BCUT2D eigenvalue weighted by molar-refractivity contribution is 7.89.